The second-order valence-corrected chi connectivity index (χ2v) is 6.69. The van der Waals surface area contributed by atoms with Crippen LogP contribution in [0.4, 0.5) is 5.69 Å². The highest BCUT2D eigenvalue weighted by Gasteiger charge is 2.24. The molecule has 0 unspecified atom stereocenters. The third kappa shape index (κ3) is 5.82. The van der Waals surface area contributed by atoms with E-state index in [4.69, 9.17) is 9.47 Å². The summed E-state index contributed by atoms with van der Waals surface area (Å²) in [4.78, 5) is 25.3. The molecule has 1 amide bonds. The third-order valence-corrected chi connectivity index (χ3v) is 4.40. The van der Waals surface area contributed by atoms with Crippen molar-refractivity contribution in [2.24, 2.45) is 0 Å². The lowest BCUT2D eigenvalue weighted by Crippen LogP contribution is -2.25. The number of amides is 1. The molecule has 0 radical (unpaired) electrons. The van der Waals surface area contributed by atoms with E-state index in [1.807, 2.05) is 37.3 Å². The van der Waals surface area contributed by atoms with Gasteiger partial charge in [-0.1, -0.05) is 66.2 Å². The molecule has 0 aliphatic rings. The van der Waals surface area contributed by atoms with Crippen molar-refractivity contribution in [3.05, 3.63) is 102 Å². The Labute approximate surface area is 176 Å². The molecule has 0 saturated carbocycles. The first-order chi connectivity index (χ1) is 14.5. The number of esters is 1. The van der Waals surface area contributed by atoms with Gasteiger partial charge >= 0.3 is 5.97 Å². The molecule has 5 heteroatoms. The monoisotopic (exact) mass is 401 g/mol. The summed E-state index contributed by atoms with van der Waals surface area (Å²) >= 11 is 0. The van der Waals surface area contributed by atoms with E-state index in [0.29, 0.717) is 17.0 Å². The molecule has 152 valence electrons. The Hall–Kier alpha value is -3.86. The molecule has 0 spiro atoms. The first-order valence-electron chi connectivity index (χ1n) is 9.50. The smallest absolute Gasteiger partial charge is 0.331 e. The van der Waals surface area contributed by atoms with Gasteiger partial charge in [0.2, 0.25) is 6.10 Å². The number of rotatable bonds is 7. The average Bonchev–Trinajstić information content (AvgIpc) is 2.77. The van der Waals surface area contributed by atoms with Gasteiger partial charge in [-0.3, -0.25) is 4.79 Å². The highest BCUT2D eigenvalue weighted by atomic mass is 16.5. The van der Waals surface area contributed by atoms with E-state index in [2.05, 4.69) is 5.32 Å². The SMILES string of the molecule is COc1cccc(NC(=O)[C@H](OC(=O)/C=C/c2ccc(C)cc2)c2ccccc2)c1. The number of carbonyl (C=O) groups excluding carboxylic acids is 2. The summed E-state index contributed by atoms with van der Waals surface area (Å²) < 4.78 is 10.7. The van der Waals surface area contributed by atoms with Crippen molar-refractivity contribution in [3.63, 3.8) is 0 Å². The van der Waals surface area contributed by atoms with Crippen LogP contribution < -0.4 is 10.1 Å². The molecule has 3 aromatic carbocycles. The Morgan fingerprint density at radius 3 is 2.37 bits per heavy atom. The van der Waals surface area contributed by atoms with Gasteiger partial charge in [-0.25, -0.2) is 4.79 Å². The van der Waals surface area contributed by atoms with Crippen LogP contribution in [0.25, 0.3) is 6.08 Å². The zero-order valence-electron chi connectivity index (χ0n) is 16.9. The van der Waals surface area contributed by atoms with Gasteiger partial charge in [-0.2, -0.15) is 0 Å². The minimum Gasteiger partial charge on any atom is -0.497 e. The molecule has 3 rings (SSSR count). The number of carbonyl (C=O) groups is 2. The third-order valence-electron chi connectivity index (χ3n) is 4.40. The Kier molecular flexibility index (Phi) is 7.00. The van der Waals surface area contributed by atoms with Gasteiger partial charge in [0.15, 0.2) is 0 Å². The van der Waals surface area contributed by atoms with E-state index in [1.54, 1.807) is 61.7 Å². The summed E-state index contributed by atoms with van der Waals surface area (Å²) in [5.74, 6) is -0.446. The molecule has 0 aromatic heterocycles. The van der Waals surface area contributed by atoms with Crippen LogP contribution in [0, 0.1) is 6.92 Å². The zero-order chi connectivity index (χ0) is 21.3. The van der Waals surface area contributed by atoms with Crippen LogP contribution in [0.3, 0.4) is 0 Å². The summed E-state index contributed by atoms with van der Waals surface area (Å²) in [5.41, 5.74) is 3.13. The van der Waals surface area contributed by atoms with Gasteiger partial charge < -0.3 is 14.8 Å². The lowest BCUT2D eigenvalue weighted by Gasteiger charge is -2.17. The van der Waals surface area contributed by atoms with Gasteiger partial charge in [0, 0.05) is 23.4 Å². The van der Waals surface area contributed by atoms with Crippen LogP contribution >= 0.6 is 0 Å². The molecule has 0 aliphatic carbocycles. The molecule has 0 fully saturated rings. The molecule has 1 atom stereocenters. The summed E-state index contributed by atoms with van der Waals surface area (Å²) in [5, 5.41) is 2.78. The number of ether oxygens (including phenoxy) is 2. The Balaban J connectivity index is 1.76. The standard InChI is InChI=1S/C25H23NO4/c1-18-11-13-19(14-12-18)15-16-23(27)30-24(20-7-4-3-5-8-20)25(28)26-21-9-6-10-22(17-21)29-2/h3-17,24H,1-2H3,(H,26,28)/b16-15+/t24-/m1/s1. The fourth-order valence-electron chi connectivity index (χ4n) is 2.81. The molecule has 0 aliphatic heterocycles. The van der Waals surface area contributed by atoms with Gasteiger partial charge in [-0.15, -0.1) is 0 Å². The van der Waals surface area contributed by atoms with Crippen molar-refractivity contribution in [3.8, 4) is 5.75 Å². The maximum atomic E-state index is 12.9. The minimum absolute atomic E-state index is 0.452. The number of anilines is 1. The Bertz CT molecular complexity index is 1030. The minimum atomic E-state index is -1.09. The fourth-order valence-corrected chi connectivity index (χ4v) is 2.81. The summed E-state index contributed by atoms with van der Waals surface area (Å²) in [6.07, 6.45) is 1.89. The van der Waals surface area contributed by atoms with E-state index in [9.17, 15) is 9.59 Å². The second kappa shape index (κ2) is 10.1. The topological polar surface area (TPSA) is 64.6 Å². The van der Waals surface area contributed by atoms with Crippen molar-refractivity contribution in [2.75, 3.05) is 12.4 Å². The van der Waals surface area contributed by atoms with Crippen LogP contribution in [0.5, 0.6) is 5.75 Å². The predicted octanol–water partition coefficient (Wildman–Crippen LogP) is 4.94. The number of nitrogens with one attached hydrogen (secondary N) is 1. The van der Waals surface area contributed by atoms with Gasteiger partial charge in [0.1, 0.15) is 5.75 Å². The van der Waals surface area contributed by atoms with Crippen LogP contribution in [-0.2, 0) is 14.3 Å². The molecule has 0 heterocycles. The van der Waals surface area contributed by atoms with Gasteiger partial charge in [-0.05, 0) is 30.7 Å². The maximum Gasteiger partial charge on any atom is 0.331 e. The number of hydrogen-bond donors (Lipinski definition) is 1. The fraction of sp³-hybridized carbons (Fsp3) is 0.120. The molecule has 0 saturated heterocycles. The highest BCUT2D eigenvalue weighted by molar-refractivity contribution is 5.97. The molecule has 0 bridgehead atoms. The van der Waals surface area contributed by atoms with Gasteiger partial charge in [0.25, 0.3) is 5.91 Å². The Morgan fingerprint density at radius 2 is 1.67 bits per heavy atom. The summed E-state index contributed by atoms with van der Waals surface area (Å²) in [6, 6.07) is 23.6. The lowest BCUT2D eigenvalue weighted by atomic mass is 10.1. The molecule has 3 aromatic rings. The lowest BCUT2D eigenvalue weighted by molar-refractivity contribution is -0.149. The molecule has 5 nitrogen and oxygen atoms in total. The first-order valence-corrected chi connectivity index (χ1v) is 9.50. The van der Waals surface area contributed by atoms with Crippen molar-refractivity contribution in [1.29, 1.82) is 0 Å². The molecule has 30 heavy (non-hydrogen) atoms. The summed E-state index contributed by atoms with van der Waals surface area (Å²) in [6.45, 7) is 1.99. The second-order valence-electron chi connectivity index (χ2n) is 6.69. The van der Waals surface area contributed by atoms with Crippen molar-refractivity contribution in [1.82, 2.24) is 0 Å². The van der Waals surface area contributed by atoms with Crippen molar-refractivity contribution >= 4 is 23.6 Å². The Morgan fingerprint density at radius 1 is 0.933 bits per heavy atom. The normalized spacial score (nSPS) is 11.7. The number of methoxy groups -OCH3 is 1. The molecular formula is C25H23NO4. The van der Waals surface area contributed by atoms with Crippen LogP contribution in [0.2, 0.25) is 0 Å². The maximum absolute atomic E-state index is 12.9. The number of hydrogen-bond acceptors (Lipinski definition) is 4. The quantitative estimate of drug-likeness (QED) is 0.450. The van der Waals surface area contributed by atoms with Crippen LogP contribution in [-0.4, -0.2) is 19.0 Å². The predicted molar refractivity (Wildman–Crippen MR) is 117 cm³/mol. The van der Waals surface area contributed by atoms with E-state index < -0.39 is 18.0 Å². The van der Waals surface area contributed by atoms with Gasteiger partial charge in [0.05, 0.1) is 7.11 Å². The number of aryl methyl sites for hydroxylation is 1. The van der Waals surface area contributed by atoms with Crippen LogP contribution in [0.15, 0.2) is 84.9 Å². The highest BCUT2D eigenvalue weighted by Crippen LogP contribution is 2.22. The largest absolute Gasteiger partial charge is 0.497 e. The van der Waals surface area contributed by atoms with Crippen LogP contribution in [0.1, 0.15) is 22.8 Å². The molecule has 1 N–H and O–H groups in total. The summed E-state index contributed by atoms with van der Waals surface area (Å²) in [7, 11) is 1.55. The van der Waals surface area contributed by atoms with Crippen molar-refractivity contribution in [2.45, 2.75) is 13.0 Å². The number of benzene rings is 3. The van der Waals surface area contributed by atoms with E-state index in [-0.39, 0.29) is 0 Å². The average molecular weight is 401 g/mol. The zero-order valence-corrected chi connectivity index (χ0v) is 16.9. The van der Waals surface area contributed by atoms with E-state index >= 15 is 0 Å². The molecular weight excluding hydrogens is 378 g/mol. The first kappa shape index (κ1) is 20.9. The van der Waals surface area contributed by atoms with E-state index in [0.717, 1.165) is 11.1 Å². The van der Waals surface area contributed by atoms with Crippen molar-refractivity contribution < 1.29 is 19.1 Å². The van der Waals surface area contributed by atoms with E-state index in [1.165, 1.54) is 6.08 Å².